The Balaban J connectivity index is 1.28. The molecule has 1 aromatic heterocycles. The summed E-state index contributed by atoms with van der Waals surface area (Å²) >= 11 is 2.74. The fourth-order valence-corrected chi connectivity index (χ4v) is 5.70. The highest BCUT2D eigenvalue weighted by Crippen LogP contribution is 2.29. The van der Waals surface area contributed by atoms with Crippen molar-refractivity contribution in [3.05, 3.63) is 126 Å². The highest BCUT2D eigenvalue weighted by molar-refractivity contribution is 8.00. The molecule has 42 heavy (non-hydrogen) atoms. The number of hydrogen-bond acceptors (Lipinski definition) is 6. The summed E-state index contributed by atoms with van der Waals surface area (Å²) in [6.45, 7) is 1.79. The number of thiazole rings is 1. The van der Waals surface area contributed by atoms with Crippen molar-refractivity contribution in [2.24, 2.45) is 0 Å². The third kappa shape index (κ3) is 7.48. The van der Waals surface area contributed by atoms with Crippen molar-refractivity contribution < 1.29 is 18.8 Å². The normalized spacial score (nSPS) is 12.0. The molecule has 0 spiro atoms. The number of para-hydroxylation sites is 1. The van der Waals surface area contributed by atoms with Gasteiger partial charge in [0.05, 0.1) is 15.5 Å². The van der Waals surface area contributed by atoms with Crippen molar-refractivity contribution in [1.82, 2.24) is 10.3 Å². The van der Waals surface area contributed by atoms with E-state index in [0.29, 0.717) is 21.9 Å². The van der Waals surface area contributed by atoms with E-state index in [1.807, 2.05) is 30.3 Å². The number of thioether (sulfide) groups is 1. The summed E-state index contributed by atoms with van der Waals surface area (Å²) in [4.78, 5) is 44.2. The fourth-order valence-electron chi connectivity index (χ4n) is 3.90. The molecule has 0 aliphatic heterocycles. The van der Waals surface area contributed by atoms with Crippen LogP contribution in [0.25, 0.3) is 16.3 Å². The lowest BCUT2D eigenvalue weighted by Gasteiger charge is -2.13. The molecule has 0 radical (unpaired) electrons. The average Bonchev–Trinajstić information content (AvgIpc) is 3.41. The van der Waals surface area contributed by atoms with Crippen molar-refractivity contribution in [2.45, 2.75) is 17.1 Å². The fraction of sp³-hybridized carbons (Fsp3) is 0.0625. The Bertz CT molecular complexity index is 1740. The number of amides is 3. The van der Waals surface area contributed by atoms with Gasteiger partial charge in [-0.1, -0.05) is 59.9 Å². The van der Waals surface area contributed by atoms with Gasteiger partial charge in [-0.3, -0.25) is 14.4 Å². The Kier molecular flexibility index (Phi) is 9.05. The molecule has 1 unspecified atom stereocenters. The molecule has 0 fully saturated rings. The maximum Gasteiger partial charge on any atom is 0.272 e. The molecule has 7 nitrogen and oxygen atoms in total. The minimum absolute atomic E-state index is 0.0166. The van der Waals surface area contributed by atoms with Crippen LogP contribution in [0.4, 0.5) is 15.2 Å². The molecule has 0 saturated carbocycles. The van der Waals surface area contributed by atoms with Crippen LogP contribution in [0, 0.1) is 5.82 Å². The number of carbonyl (C=O) groups is 3. The van der Waals surface area contributed by atoms with Crippen LogP contribution in [0.15, 0.2) is 114 Å². The van der Waals surface area contributed by atoms with Crippen LogP contribution in [0.1, 0.15) is 22.8 Å². The van der Waals surface area contributed by atoms with Crippen LogP contribution in [0.5, 0.6) is 0 Å². The molecule has 0 bridgehead atoms. The van der Waals surface area contributed by atoms with Crippen LogP contribution in [-0.4, -0.2) is 28.0 Å². The number of nitrogens with zero attached hydrogens (tertiary/aromatic N) is 1. The first-order valence-corrected chi connectivity index (χ1v) is 14.6. The van der Waals surface area contributed by atoms with Gasteiger partial charge in [0.25, 0.3) is 11.8 Å². The molecule has 210 valence electrons. The Morgan fingerprint density at radius 1 is 0.881 bits per heavy atom. The molecule has 1 atom stereocenters. The minimum atomic E-state index is -0.563. The van der Waals surface area contributed by atoms with Crippen LogP contribution in [0.3, 0.4) is 0 Å². The van der Waals surface area contributed by atoms with Gasteiger partial charge in [-0.05, 0) is 73.2 Å². The van der Waals surface area contributed by atoms with Crippen molar-refractivity contribution in [3.8, 4) is 0 Å². The molecule has 0 aliphatic carbocycles. The number of halogens is 1. The Hall–Kier alpha value is -4.80. The smallest absolute Gasteiger partial charge is 0.272 e. The topological polar surface area (TPSA) is 100 Å². The summed E-state index contributed by atoms with van der Waals surface area (Å²) < 4.78 is 14.4. The lowest BCUT2D eigenvalue weighted by molar-refractivity contribution is -0.115. The monoisotopic (exact) mass is 596 g/mol. The van der Waals surface area contributed by atoms with Crippen LogP contribution in [0.2, 0.25) is 0 Å². The molecule has 3 N–H and O–H groups in total. The van der Waals surface area contributed by atoms with E-state index >= 15 is 0 Å². The van der Waals surface area contributed by atoms with Gasteiger partial charge < -0.3 is 16.0 Å². The molecule has 0 saturated heterocycles. The van der Waals surface area contributed by atoms with Gasteiger partial charge in [-0.15, -0.1) is 11.8 Å². The van der Waals surface area contributed by atoms with E-state index in [9.17, 15) is 18.8 Å². The SMILES string of the molecule is CC(Sc1cccc(NC(=O)/C(=C/c2ccc(F)cc2)NC(=O)c2ccccc2)c1)C(=O)Nc1nc2ccccc2s1. The van der Waals surface area contributed by atoms with Gasteiger partial charge in [-0.25, -0.2) is 9.37 Å². The minimum Gasteiger partial charge on any atom is -0.321 e. The van der Waals surface area contributed by atoms with Gasteiger partial charge in [0.1, 0.15) is 11.5 Å². The third-order valence-electron chi connectivity index (χ3n) is 6.01. The predicted molar refractivity (Wildman–Crippen MR) is 167 cm³/mol. The second-order valence-electron chi connectivity index (χ2n) is 9.15. The Morgan fingerprint density at radius 3 is 2.38 bits per heavy atom. The van der Waals surface area contributed by atoms with Gasteiger partial charge in [0.15, 0.2) is 5.13 Å². The number of rotatable bonds is 9. The van der Waals surface area contributed by atoms with E-state index in [1.165, 1.54) is 53.4 Å². The molecule has 3 amide bonds. The zero-order valence-electron chi connectivity index (χ0n) is 22.3. The summed E-state index contributed by atoms with van der Waals surface area (Å²) in [5, 5.41) is 8.44. The van der Waals surface area contributed by atoms with Gasteiger partial charge in [-0.2, -0.15) is 0 Å². The number of nitrogens with one attached hydrogen (secondary N) is 3. The van der Waals surface area contributed by atoms with Gasteiger partial charge >= 0.3 is 0 Å². The first kappa shape index (κ1) is 28.7. The second kappa shape index (κ2) is 13.2. The second-order valence-corrected chi connectivity index (χ2v) is 11.6. The zero-order valence-corrected chi connectivity index (χ0v) is 24.0. The largest absolute Gasteiger partial charge is 0.321 e. The first-order valence-electron chi connectivity index (χ1n) is 12.9. The van der Waals surface area contributed by atoms with Crippen molar-refractivity contribution in [2.75, 3.05) is 10.6 Å². The molecule has 10 heteroatoms. The van der Waals surface area contributed by atoms with Crippen molar-refractivity contribution >= 4 is 67.9 Å². The lowest BCUT2D eigenvalue weighted by Crippen LogP contribution is -2.30. The van der Waals surface area contributed by atoms with E-state index < -0.39 is 22.9 Å². The predicted octanol–water partition coefficient (Wildman–Crippen LogP) is 6.96. The number of hydrogen-bond donors (Lipinski definition) is 3. The molecule has 0 aliphatic rings. The summed E-state index contributed by atoms with van der Waals surface area (Å²) in [6, 6.07) is 28.8. The molecule has 1 heterocycles. The van der Waals surface area contributed by atoms with Crippen LogP contribution in [-0.2, 0) is 9.59 Å². The number of benzene rings is 4. The number of anilines is 2. The number of aromatic nitrogens is 1. The molecule has 4 aromatic carbocycles. The van der Waals surface area contributed by atoms with E-state index in [4.69, 9.17) is 0 Å². The maximum atomic E-state index is 13.4. The van der Waals surface area contributed by atoms with E-state index in [0.717, 1.165) is 15.1 Å². The highest BCUT2D eigenvalue weighted by atomic mass is 32.2. The van der Waals surface area contributed by atoms with Crippen molar-refractivity contribution in [1.29, 1.82) is 0 Å². The van der Waals surface area contributed by atoms with Gasteiger partial charge in [0.2, 0.25) is 5.91 Å². The highest BCUT2D eigenvalue weighted by Gasteiger charge is 2.18. The lowest BCUT2D eigenvalue weighted by atomic mass is 10.1. The molecule has 5 aromatic rings. The molecular formula is C32H25FN4O3S2. The average molecular weight is 597 g/mol. The number of carbonyl (C=O) groups excluding carboxylic acids is 3. The summed E-state index contributed by atoms with van der Waals surface area (Å²) in [6.07, 6.45) is 1.47. The Morgan fingerprint density at radius 2 is 1.62 bits per heavy atom. The Labute approximate surface area is 249 Å². The quantitative estimate of drug-likeness (QED) is 0.126. The van der Waals surface area contributed by atoms with Gasteiger partial charge in [0, 0.05) is 16.1 Å². The van der Waals surface area contributed by atoms with Crippen molar-refractivity contribution in [3.63, 3.8) is 0 Å². The zero-order chi connectivity index (χ0) is 29.5. The summed E-state index contributed by atoms with van der Waals surface area (Å²) in [5.41, 5.74) is 2.20. The standard InChI is InChI=1S/C32H25FN4O3S2/c1-20(29(38)37-32-36-26-12-5-6-13-28(26)42-32)41-25-11-7-10-24(19-25)34-31(40)27(18-21-14-16-23(33)17-15-21)35-30(39)22-8-3-2-4-9-22/h2-20H,1H3,(H,34,40)(H,35,39)(H,36,37,38)/b27-18-. The molecule has 5 rings (SSSR count). The summed E-state index contributed by atoms with van der Waals surface area (Å²) in [5.74, 6) is -1.63. The number of fused-ring (bicyclic) bond motifs is 1. The van der Waals surface area contributed by atoms with Crippen LogP contribution >= 0.6 is 23.1 Å². The van der Waals surface area contributed by atoms with E-state index in [-0.39, 0.29) is 11.6 Å². The molecular weight excluding hydrogens is 572 g/mol. The summed E-state index contributed by atoms with van der Waals surface area (Å²) in [7, 11) is 0. The van der Waals surface area contributed by atoms with Crippen LogP contribution < -0.4 is 16.0 Å². The van der Waals surface area contributed by atoms with E-state index in [1.54, 1.807) is 55.5 Å². The third-order valence-corrected chi connectivity index (χ3v) is 8.05. The maximum absolute atomic E-state index is 13.4. The van der Waals surface area contributed by atoms with E-state index in [2.05, 4.69) is 20.9 Å². The first-order chi connectivity index (χ1) is 20.3.